The van der Waals surface area contributed by atoms with Crippen LogP contribution in [0, 0.1) is 22.7 Å². The molecule has 0 fully saturated rings. The Kier molecular flexibility index (Phi) is 45.7. The second kappa shape index (κ2) is 48.9. The summed E-state index contributed by atoms with van der Waals surface area (Å²) in [4.78, 5) is 0. The lowest BCUT2D eigenvalue weighted by Crippen LogP contribution is -2.43. The summed E-state index contributed by atoms with van der Waals surface area (Å²) >= 11 is 0. The topological polar surface area (TPSA) is 132 Å². The molecule has 2 atom stereocenters. The largest absolute Gasteiger partial charge is 0.495 e. The maximum Gasteiger partial charge on any atom is 0.192 e. The lowest BCUT2D eigenvalue weighted by Gasteiger charge is -2.37. The van der Waals surface area contributed by atoms with Crippen LogP contribution in [0.4, 0.5) is 0 Å². The van der Waals surface area contributed by atoms with E-state index in [0.717, 1.165) is 30.6 Å². The van der Waals surface area contributed by atoms with E-state index in [1.807, 2.05) is 18.2 Å². The molecule has 0 saturated carbocycles. The van der Waals surface area contributed by atoms with Gasteiger partial charge in [-0.3, -0.25) is 0 Å². The minimum atomic E-state index is -1.89. The summed E-state index contributed by atoms with van der Waals surface area (Å²) in [6, 6.07) is 15.2. The molecule has 77 heavy (non-hydrogen) atoms. The summed E-state index contributed by atoms with van der Waals surface area (Å²) in [6.45, 7) is 19.5. The van der Waals surface area contributed by atoms with Crippen molar-refractivity contribution in [3.8, 4) is 23.6 Å². The number of benzene rings is 2. The van der Waals surface area contributed by atoms with E-state index in [4.69, 9.17) is 38.1 Å². The lowest BCUT2D eigenvalue weighted by molar-refractivity contribution is -0.0502. The van der Waals surface area contributed by atoms with Gasteiger partial charge in [0, 0.05) is 13.2 Å². The number of hydrogen-bond acceptors (Lipinski definition) is 10. The normalized spacial score (nSPS) is 12.4. The predicted molar refractivity (Wildman–Crippen MR) is 324 cm³/mol. The second-order valence-corrected chi connectivity index (χ2v) is 28.0. The fourth-order valence-corrected chi connectivity index (χ4v) is 10.0. The van der Waals surface area contributed by atoms with Crippen molar-refractivity contribution in [1.82, 2.24) is 0 Å². The van der Waals surface area contributed by atoms with Gasteiger partial charge in [0.25, 0.3) is 0 Å². The van der Waals surface area contributed by atoms with E-state index in [1.54, 1.807) is 32.4 Å². The monoisotopic (exact) mass is 1090 g/mol. The van der Waals surface area contributed by atoms with Gasteiger partial charge in [0.1, 0.15) is 35.8 Å². The third kappa shape index (κ3) is 38.3. The van der Waals surface area contributed by atoms with E-state index in [-0.39, 0.29) is 23.9 Å². The highest BCUT2D eigenvalue weighted by Crippen LogP contribution is 2.37. The Balaban J connectivity index is 0.000000783. The van der Waals surface area contributed by atoms with Gasteiger partial charge in [-0.05, 0) is 66.4 Å². The highest BCUT2D eigenvalue weighted by Gasteiger charge is 2.37. The van der Waals surface area contributed by atoms with Crippen molar-refractivity contribution >= 4 is 8.32 Å². The first-order valence-electron chi connectivity index (χ1n) is 31.2. The number of unbranched alkanes of at least 4 members (excludes halogenated alkanes) is 30. The summed E-state index contributed by atoms with van der Waals surface area (Å²) in [7, 11) is 1.24. The van der Waals surface area contributed by atoms with Crippen molar-refractivity contribution in [2.45, 2.75) is 284 Å². The Morgan fingerprint density at radius 3 is 1.08 bits per heavy atom. The van der Waals surface area contributed by atoms with Gasteiger partial charge in [0.15, 0.2) is 8.32 Å². The van der Waals surface area contributed by atoms with Crippen molar-refractivity contribution in [1.29, 1.82) is 10.5 Å². The number of aliphatic hydroxyl groups excluding tert-OH is 1. The van der Waals surface area contributed by atoms with Gasteiger partial charge in [0.2, 0.25) is 0 Å². The number of hydrogen-bond donors (Lipinski definition) is 1. The molecule has 0 radical (unpaired) electrons. The molecule has 2 rings (SSSR count). The van der Waals surface area contributed by atoms with Crippen molar-refractivity contribution in [3.05, 3.63) is 58.7 Å². The summed E-state index contributed by atoms with van der Waals surface area (Å²) < 4.78 is 40.9. The van der Waals surface area contributed by atoms with Crippen LogP contribution in [0.25, 0.3) is 0 Å². The Bertz CT molecular complexity index is 1760. The van der Waals surface area contributed by atoms with Gasteiger partial charge < -0.3 is 38.0 Å². The average Bonchev–Trinajstić information content (AvgIpc) is 3.43. The van der Waals surface area contributed by atoms with Gasteiger partial charge in [-0.15, -0.1) is 0 Å². The number of nitrogens with zero attached hydrogens (tertiary/aromatic N) is 2. The van der Waals surface area contributed by atoms with Crippen molar-refractivity contribution < 1.29 is 38.0 Å². The van der Waals surface area contributed by atoms with Crippen LogP contribution in [0.2, 0.25) is 18.1 Å². The number of rotatable bonds is 50. The van der Waals surface area contributed by atoms with E-state index in [0.29, 0.717) is 62.3 Å². The average molecular weight is 1090 g/mol. The molecule has 0 aliphatic rings. The molecule has 1 N–H and O–H groups in total. The van der Waals surface area contributed by atoms with Gasteiger partial charge in [-0.1, -0.05) is 239 Å². The van der Waals surface area contributed by atoms with E-state index in [2.05, 4.69) is 59.9 Å². The maximum absolute atomic E-state index is 9.56. The second-order valence-electron chi connectivity index (χ2n) is 23.2. The molecule has 0 spiro atoms. The summed E-state index contributed by atoms with van der Waals surface area (Å²) in [5.41, 5.74) is 2.90. The first-order valence-corrected chi connectivity index (χ1v) is 34.1. The fraction of sp³-hybridized carbons (Fsp3) is 0.788. The number of ether oxygens (including phenoxy) is 6. The van der Waals surface area contributed by atoms with E-state index >= 15 is 0 Å². The standard InChI is InChI=1S/C36H65NO4Si.C30H51NO4/c1-8-9-10-11-12-13-14-15-16-17-18-19-20-21-22-23-26-39-30-34(31-41-42(6,7)36(2,3)4)40-29-32-24-25-33(28-37)35(27-32)38-5;1-3-4-5-6-7-8-9-10-11-12-13-14-15-16-17-18-21-34-26-29(24-32)35-25-27-19-20-28(23-31)30(22-27)33-2/h24-25,27,34H,8-23,26,29-31H2,1-7H3;19-20,22,29,32H,3-18,21,24-26H2,1-2H3/t34-;29-/m10/s1. The SMILES string of the molecule is CCCCCCCCCCCCCCCCCCOC[C@H](CO)OCc1ccc(C#N)c(OC)c1.CCCCCCCCCCCCCCCCCCOC[C@H](CO[Si](C)(C)C(C)(C)C)OCc1ccc(C#N)c(OC)c1. The third-order valence-corrected chi connectivity index (χ3v) is 19.8. The first kappa shape index (κ1) is 72.0. The minimum absolute atomic E-state index is 0.0770. The molecular weight excluding hydrogens is 977 g/mol. The molecule has 2 aromatic rings. The van der Waals surface area contributed by atoms with Crippen LogP contribution in [0.3, 0.4) is 0 Å². The first-order chi connectivity index (χ1) is 37.4. The van der Waals surface area contributed by atoms with Crippen LogP contribution in [-0.2, 0) is 36.6 Å². The van der Waals surface area contributed by atoms with Crippen LogP contribution in [0.5, 0.6) is 11.5 Å². The van der Waals surface area contributed by atoms with Crippen LogP contribution >= 0.6 is 0 Å². The van der Waals surface area contributed by atoms with Crippen LogP contribution in [0.15, 0.2) is 36.4 Å². The van der Waals surface area contributed by atoms with Crippen LogP contribution in [-0.4, -0.2) is 79.5 Å². The molecule has 2 aromatic carbocycles. The van der Waals surface area contributed by atoms with Gasteiger partial charge >= 0.3 is 0 Å². The predicted octanol–water partition coefficient (Wildman–Crippen LogP) is 18.5. The highest BCUT2D eigenvalue weighted by atomic mass is 28.4. The Morgan fingerprint density at radius 1 is 0.468 bits per heavy atom. The molecule has 0 aliphatic heterocycles. The number of aliphatic hydroxyl groups is 1. The quantitative estimate of drug-likeness (QED) is 0.0504. The lowest BCUT2D eigenvalue weighted by atomic mass is 10.0. The number of nitriles is 2. The van der Waals surface area contributed by atoms with E-state index in [9.17, 15) is 10.4 Å². The van der Waals surface area contributed by atoms with E-state index < -0.39 is 8.32 Å². The van der Waals surface area contributed by atoms with Crippen molar-refractivity contribution in [2.24, 2.45) is 0 Å². The van der Waals surface area contributed by atoms with Gasteiger partial charge in [-0.25, -0.2) is 0 Å². The molecule has 10 nitrogen and oxygen atoms in total. The van der Waals surface area contributed by atoms with Crippen LogP contribution in [0.1, 0.15) is 262 Å². The Hall–Kier alpha value is -3.00. The zero-order valence-electron chi connectivity index (χ0n) is 51.1. The van der Waals surface area contributed by atoms with Gasteiger partial charge in [0.05, 0.1) is 65.0 Å². The molecule has 0 aliphatic carbocycles. The van der Waals surface area contributed by atoms with Crippen molar-refractivity contribution in [3.63, 3.8) is 0 Å². The zero-order chi connectivity index (χ0) is 56.5. The third-order valence-electron chi connectivity index (χ3n) is 15.3. The minimum Gasteiger partial charge on any atom is -0.495 e. The molecular formula is C66H116N2O8Si. The van der Waals surface area contributed by atoms with Crippen LogP contribution < -0.4 is 9.47 Å². The fourth-order valence-electron chi connectivity index (χ4n) is 9.01. The summed E-state index contributed by atoms with van der Waals surface area (Å²) in [5.74, 6) is 1.11. The van der Waals surface area contributed by atoms with Crippen molar-refractivity contribution in [2.75, 3.05) is 53.9 Å². The molecule has 0 heterocycles. The molecule has 442 valence electrons. The molecule has 0 amide bonds. The summed E-state index contributed by atoms with van der Waals surface area (Å²) in [6.07, 6.45) is 43.2. The zero-order valence-corrected chi connectivity index (χ0v) is 52.1. The Labute approximate surface area is 474 Å². The summed E-state index contributed by atoms with van der Waals surface area (Å²) in [5, 5.41) is 28.0. The molecule has 0 aromatic heterocycles. The maximum atomic E-state index is 9.56. The molecule has 0 bridgehead atoms. The molecule has 11 heteroatoms. The molecule has 0 unspecified atom stereocenters. The van der Waals surface area contributed by atoms with Gasteiger partial charge in [-0.2, -0.15) is 10.5 Å². The highest BCUT2D eigenvalue weighted by molar-refractivity contribution is 6.74. The number of methoxy groups -OCH3 is 2. The smallest absolute Gasteiger partial charge is 0.192 e. The van der Waals surface area contributed by atoms with E-state index in [1.165, 1.54) is 193 Å². The molecule has 0 saturated heterocycles. The Morgan fingerprint density at radius 2 is 0.779 bits per heavy atom.